The molecule has 68 valence electrons. The van der Waals surface area contributed by atoms with Gasteiger partial charge in [0.05, 0.1) is 11.9 Å². The Balaban J connectivity index is -0.000000605. The van der Waals surface area contributed by atoms with Gasteiger partial charge in [-0.1, -0.05) is 0 Å². The van der Waals surface area contributed by atoms with Crippen molar-refractivity contribution in [1.29, 1.82) is 0 Å². The monoisotopic (exact) mass is 254 g/mol. The van der Waals surface area contributed by atoms with Crippen molar-refractivity contribution in [2.75, 3.05) is 7.11 Å². The standard InChI is InChI=1S/C5H6O7.2K/c1-12-5(2(6)7,3(8)9)4(10)11;;/h1H3,(H,6,7)(H,8,9)(H,10,11);;/q;2*+1/p-2. The van der Waals surface area contributed by atoms with Crippen LogP contribution in [0, 0.1) is 0 Å². The smallest absolute Gasteiger partial charge is 0.546 e. The average Bonchev–Trinajstić information content (AvgIpc) is 1.86. The van der Waals surface area contributed by atoms with E-state index in [0.717, 1.165) is 0 Å². The van der Waals surface area contributed by atoms with Crippen LogP contribution >= 0.6 is 0 Å². The molecular formula is C5H4K2O7. The summed E-state index contributed by atoms with van der Waals surface area (Å²) in [7, 11) is 0.611. The molecule has 0 unspecified atom stereocenters. The fourth-order valence-corrected chi connectivity index (χ4v) is 0.512. The summed E-state index contributed by atoms with van der Waals surface area (Å²) in [5.74, 6) is -6.99. The van der Waals surface area contributed by atoms with Crippen molar-refractivity contribution in [2.45, 2.75) is 5.60 Å². The van der Waals surface area contributed by atoms with E-state index in [1.54, 1.807) is 0 Å². The second-order valence-corrected chi connectivity index (χ2v) is 1.77. The van der Waals surface area contributed by atoms with Crippen LogP contribution in [-0.4, -0.2) is 35.7 Å². The van der Waals surface area contributed by atoms with Gasteiger partial charge in [-0.3, -0.25) is 0 Å². The molecule has 0 aromatic carbocycles. The summed E-state index contributed by atoms with van der Waals surface area (Å²) in [6.07, 6.45) is 0. The molecule has 0 radical (unpaired) electrons. The third-order valence-electron chi connectivity index (χ3n) is 1.18. The first kappa shape index (κ1) is 21.0. The fourth-order valence-electron chi connectivity index (χ4n) is 0.512. The Labute approximate surface area is 164 Å². The minimum Gasteiger partial charge on any atom is -0.546 e. The summed E-state index contributed by atoms with van der Waals surface area (Å²) in [5, 5.41) is 28.4. The Morgan fingerprint density at radius 2 is 1.43 bits per heavy atom. The summed E-state index contributed by atoms with van der Waals surface area (Å²) in [4.78, 5) is 30.4. The molecule has 0 saturated carbocycles. The van der Waals surface area contributed by atoms with E-state index in [1.165, 1.54) is 0 Å². The number of ether oxygens (including phenoxy) is 1. The van der Waals surface area contributed by atoms with Gasteiger partial charge in [0.1, 0.15) is 0 Å². The Kier molecular flexibility index (Phi) is 13.1. The minimum atomic E-state index is -3.43. The van der Waals surface area contributed by atoms with Crippen molar-refractivity contribution in [1.82, 2.24) is 0 Å². The van der Waals surface area contributed by atoms with Crippen molar-refractivity contribution in [3.63, 3.8) is 0 Å². The van der Waals surface area contributed by atoms with Gasteiger partial charge in [0.25, 0.3) is 0 Å². The number of rotatable bonds is 4. The van der Waals surface area contributed by atoms with E-state index in [1.807, 2.05) is 0 Å². The van der Waals surface area contributed by atoms with Crippen molar-refractivity contribution >= 4 is 17.9 Å². The zero-order valence-corrected chi connectivity index (χ0v) is 14.1. The minimum absolute atomic E-state index is 0. The average molecular weight is 254 g/mol. The molecule has 0 aliphatic heterocycles. The molecule has 0 aliphatic rings. The fraction of sp³-hybridized carbons (Fsp3) is 0.400. The number of carbonyl (C=O) groups excluding carboxylic acids is 2. The largest absolute Gasteiger partial charge is 1.00 e. The first-order chi connectivity index (χ1) is 5.39. The van der Waals surface area contributed by atoms with Crippen LogP contribution in [0.5, 0.6) is 0 Å². The topological polar surface area (TPSA) is 127 Å². The van der Waals surface area contributed by atoms with Crippen molar-refractivity contribution < 1.29 is 137 Å². The molecule has 0 bridgehead atoms. The van der Waals surface area contributed by atoms with Crippen LogP contribution in [-0.2, 0) is 19.1 Å². The molecule has 0 fully saturated rings. The van der Waals surface area contributed by atoms with Crippen LogP contribution in [0.3, 0.4) is 0 Å². The van der Waals surface area contributed by atoms with E-state index in [9.17, 15) is 24.6 Å². The van der Waals surface area contributed by atoms with Crippen LogP contribution in [0.4, 0.5) is 0 Å². The number of carboxylic acid groups (broad SMARTS) is 3. The normalized spacial score (nSPS) is 9.21. The zero-order chi connectivity index (χ0) is 9.94. The SMILES string of the molecule is COC(C(=O)[O-])(C(=O)[O-])C(=O)O.[K+].[K+]. The maximum Gasteiger partial charge on any atom is 1.00 e. The molecule has 0 aliphatic carbocycles. The third-order valence-corrected chi connectivity index (χ3v) is 1.18. The molecular weight excluding hydrogens is 250 g/mol. The molecule has 0 spiro atoms. The van der Waals surface area contributed by atoms with Gasteiger partial charge >= 0.3 is 109 Å². The molecule has 7 nitrogen and oxygen atoms in total. The van der Waals surface area contributed by atoms with Crippen molar-refractivity contribution in [3.05, 3.63) is 0 Å². The van der Waals surface area contributed by atoms with Gasteiger partial charge in [-0.25, -0.2) is 4.79 Å². The molecule has 1 N–H and O–H groups in total. The second kappa shape index (κ2) is 8.76. The Bertz CT molecular complexity index is 202. The van der Waals surface area contributed by atoms with Gasteiger partial charge < -0.3 is 29.6 Å². The molecule has 0 atom stereocenters. The molecule has 0 saturated heterocycles. The number of aliphatic carboxylic acids is 3. The van der Waals surface area contributed by atoms with E-state index >= 15 is 0 Å². The van der Waals surface area contributed by atoms with E-state index in [4.69, 9.17) is 5.11 Å². The van der Waals surface area contributed by atoms with Gasteiger partial charge in [0.15, 0.2) is 0 Å². The van der Waals surface area contributed by atoms with E-state index < -0.39 is 23.5 Å². The predicted molar refractivity (Wildman–Crippen MR) is 27.4 cm³/mol. The summed E-state index contributed by atoms with van der Waals surface area (Å²) in [6.45, 7) is 0. The van der Waals surface area contributed by atoms with Gasteiger partial charge in [-0.15, -0.1) is 0 Å². The summed E-state index contributed by atoms with van der Waals surface area (Å²) in [5.41, 5.74) is -3.43. The van der Waals surface area contributed by atoms with Crippen molar-refractivity contribution in [3.8, 4) is 0 Å². The summed E-state index contributed by atoms with van der Waals surface area (Å²) in [6, 6.07) is 0. The summed E-state index contributed by atoms with van der Waals surface area (Å²) < 4.78 is 3.80. The third kappa shape index (κ3) is 4.25. The molecule has 0 aromatic rings. The van der Waals surface area contributed by atoms with Crippen LogP contribution in [0.2, 0.25) is 0 Å². The number of carboxylic acids is 3. The first-order valence-corrected chi connectivity index (χ1v) is 2.61. The Morgan fingerprint density at radius 1 is 1.14 bits per heavy atom. The molecule has 0 amide bonds. The van der Waals surface area contributed by atoms with Gasteiger partial charge in [0, 0.05) is 7.11 Å². The van der Waals surface area contributed by atoms with Crippen molar-refractivity contribution in [2.24, 2.45) is 0 Å². The number of methoxy groups -OCH3 is 1. The van der Waals surface area contributed by atoms with Crippen LogP contribution in [0.15, 0.2) is 0 Å². The molecule has 9 heteroatoms. The number of hydrogen-bond donors (Lipinski definition) is 1. The molecule has 0 aromatic heterocycles. The van der Waals surface area contributed by atoms with Crippen LogP contribution < -0.4 is 113 Å². The van der Waals surface area contributed by atoms with E-state index in [0.29, 0.717) is 7.11 Å². The predicted octanol–water partition coefficient (Wildman–Crippen LogP) is -10.0. The Morgan fingerprint density at radius 3 is 1.43 bits per heavy atom. The van der Waals surface area contributed by atoms with E-state index in [2.05, 4.69) is 4.74 Å². The Hall–Kier alpha value is 1.64. The molecule has 0 rings (SSSR count). The summed E-state index contributed by atoms with van der Waals surface area (Å²) >= 11 is 0. The van der Waals surface area contributed by atoms with Gasteiger partial charge in [-0.2, -0.15) is 0 Å². The number of hydrogen-bond acceptors (Lipinski definition) is 6. The van der Waals surface area contributed by atoms with E-state index in [-0.39, 0.29) is 103 Å². The quantitative estimate of drug-likeness (QED) is 0.390. The maximum absolute atomic E-state index is 10.2. The van der Waals surface area contributed by atoms with Gasteiger partial charge in [-0.05, 0) is 0 Å². The van der Waals surface area contributed by atoms with Crippen LogP contribution in [0.1, 0.15) is 0 Å². The molecule has 14 heavy (non-hydrogen) atoms. The second-order valence-electron chi connectivity index (χ2n) is 1.77. The zero-order valence-electron chi connectivity index (χ0n) is 7.90. The van der Waals surface area contributed by atoms with Crippen LogP contribution in [0.25, 0.3) is 0 Å². The number of carbonyl (C=O) groups is 3. The van der Waals surface area contributed by atoms with Gasteiger partial charge in [0.2, 0.25) is 5.60 Å². The first-order valence-electron chi connectivity index (χ1n) is 2.61. The maximum atomic E-state index is 10.2. The molecule has 0 heterocycles.